The molecule has 0 heterocycles. The van der Waals surface area contributed by atoms with Gasteiger partial charge in [-0.1, -0.05) is 12.1 Å². The molecule has 0 aliphatic heterocycles. The standard InChI is InChI=1S/C8H11NO3S.Na/c10-6-5-7-1-3-8(4-2-7)9-13(11)12;/h1-4,10,13H,5-6H2,(H,9,11,12);. The van der Waals surface area contributed by atoms with Gasteiger partial charge in [-0.15, -0.1) is 0 Å². The van der Waals surface area contributed by atoms with Gasteiger partial charge < -0.3 is 5.11 Å². The van der Waals surface area contributed by atoms with Crippen LogP contribution < -0.4 is 4.72 Å². The first-order chi connectivity index (χ1) is 6.22. The van der Waals surface area contributed by atoms with Gasteiger partial charge in [0.2, 0.25) is 10.9 Å². The summed E-state index contributed by atoms with van der Waals surface area (Å²) < 4.78 is 22.8. The van der Waals surface area contributed by atoms with Crippen LogP contribution in [0.3, 0.4) is 0 Å². The summed E-state index contributed by atoms with van der Waals surface area (Å²) in [6, 6.07) is 6.88. The van der Waals surface area contributed by atoms with Gasteiger partial charge in [0.25, 0.3) is 0 Å². The number of aliphatic hydroxyl groups is 1. The quantitative estimate of drug-likeness (QED) is 0.489. The molecule has 4 nitrogen and oxygen atoms in total. The third-order valence-electron chi connectivity index (χ3n) is 1.57. The van der Waals surface area contributed by atoms with Crippen LogP contribution in [0.15, 0.2) is 24.3 Å². The topological polar surface area (TPSA) is 66.4 Å². The normalized spacial score (nSPS) is 9.57. The van der Waals surface area contributed by atoms with Gasteiger partial charge in [-0.3, -0.25) is 4.72 Å². The van der Waals surface area contributed by atoms with Crippen molar-refractivity contribution in [2.75, 3.05) is 11.3 Å². The van der Waals surface area contributed by atoms with Crippen molar-refractivity contribution < 1.29 is 13.5 Å². The molecule has 0 spiro atoms. The van der Waals surface area contributed by atoms with Crippen LogP contribution in [0.5, 0.6) is 0 Å². The van der Waals surface area contributed by atoms with E-state index >= 15 is 0 Å². The van der Waals surface area contributed by atoms with Crippen LogP contribution >= 0.6 is 0 Å². The van der Waals surface area contributed by atoms with E-state index in [-0.39, 0.29) is 36.2 Å². The van der Waals surface area contributed by atoms with Crippen LogP contribution in [0.4, 0.5) is 5.69 Å². The first-order valence-electron chi connectivity index (χ1n) is 3.83. The van der Waals surface area contributed by atoms with Crippen molar-refractivity contribution in [3.8, 4) is 0 Å². The summed E-state index contributed by atoms with van der Waals surface area (Å²) in [7, 11) is -2.59. The maximum atomic E-state index is 10.3. The van der Waals surface area contributed by atoms with E-state index in [0.717, 1.165) is 5.56 Å². The van der Waals surface area contributed by atoms with Gasteiger partial charge >= 0.3 is 0 Å². The monoisotopic (exact) mass is 224 g/mol. The number of thiol groups is 1. The van der Waals surface area contributed by atoms with Crippen LogP contribution in [0.25, 0.3) is 0 Å². The average Bonchev–Trinajstić information content (AvgIpc) is 2.08. The van der Waals surface area contributed by atoms with E-state index in [1.807, 2.05) is 0 Å². The smallest absolute Gasteiger partial charge is 0.222 e. The fraction of sp³-hybridized carbons (Fsp3) is 0.250. The second kappa shape index (κ2) is 7.25. The Kier molecular flexibility index (Phi) is 7.22. The first kappa shape index (κ1) is 13.9. The summed E-state index contributed by atoms with van der Waals surface area (Å²) in [5, 5.41) is 8.62. The molecule has 2 N–H and O–H groups in total. The van der Waals surface area contributed by atoms with Crippen LogP contribution in [0, 0.1) is 0 Å². The first-order valence-corrected chi connectivity index (χ1v) is 5.01. The van der Waals surface area contributed by atoms with Gasteiger partial charge in [0.1, 0.15) is 0 Å². The molecule has 0 aliphatic carbocycles. The second-order valence-electron chi connectivity index (χ2n) is 2.54. The molecule has 0 bridgehead atoms. The van der Waals surface area contributed by atoms with Gasteiger partial charge in [-0.05, 0) is 24.1 Å². The van der Waals surface area contributed by atoms with Crippen molar-refractivity contribution in [1.29, 1.82) is 0 Å². The van der Waals surface area contributed by atoms with E-state index in [0.29, 0.717) is 12.1 Å². The molecular weight excluding hydrogens is 213 g/mol. The fourth-order valence-corrected chi connectivity index (χ4v) is 1.34. The zero-order valence-corrected chi connectivity index (χ0v) is 10.8. The zero-order valence-electron chi connectivity index (χ0n) is 7.93. The minimum atomic E-state index is -2.59. The van der Waals surface area contributed by atoms with Crippen molar-refractivity contribution in [3.05, 3.63) is 29.8 Å². The molecule has 0 atom stereocenters. The van der Waals surface area contributed by atoms with Gasteiger partial charge in [0, 0.05) is 41.9 Å². The second-order valence-corrected chi connectivity index (χ2v) is 3.28. The van der Waals surface area contributed by atoms with E-state index < -0.39 is 10.9 Å². The van der Waals surface area contributed by atoms with Crippen LogP contribution in [-0.4, -0.2) is 49.7 Å². The van der Waals surface area contributed by atoms with Crippen LogP contribution in [-0.2, 0) is 17.3 Å². The van der Waals surface area contributed by atoms with Crippen molar-refractivity contribution in [2.45, 2.75) is 6.42 Å². The van der Waals surface area contributed by atoms with E-state index in [9.17, 15) is 8.42 Å². The van der Waals surface area contributed by atoms with E-state index in [1.165, 1.54) is 0 Å². The molecule has 0 unspecified atom stereocenters. The van der Waals surface area contributed by atoms with Gasteiger partial charge in [-0.2, -0.15) is 0 Å². The minimum Gasteiger partial charge on any atom is -0.396 e. The Labute approximate surface area is 107 Å². The molecule has 1 aromatic rings. The Hall–Kier alpha value is -0.0700. The largest absolute Gasteiger partial charge is 0.396 e. The number of anilines is 1. The average molecular weight is 224 g/mol. The number of hydrogen-bond donors (Lipinski definition) is 3. The molecule has 0 aromatic heterocycles. The van der Waals surface area contributed by atoms with Gasteiger partial charge in [0.05, 0.1) is 0 Å². The maximum absolute atomic E-state index is 10.3. The van der Waals surface area contributed by atoms with E-state index in [4.69, 9.17) is 5.11 Å². The molecule has 0 fully saturated rings. The summed E-state index contributed by atoms with van der Waals surface area (Å²) in [5.41, 5.74) is 1.52. The number of benzene rings is 1. The van der Waals surface area contributed by atoms with E-state index in [1.54, 1.807) is 24.3 Å². The molecule has 1 radical (unpaired) electrons. The molecule has 1 aromatic carbocycles. The van der Waals surface area contributed by atoms with Crippen molar-refractivity contribution in [2.24, 2.45) is 0 Å². The van der Waals surface area contributed by atoms with Crippen molar-refractivity contribution in [1.82, 2.24) is 0 Å². The Morgan fingerprint density at radius 1 is 1.21 bits per heavy atom. The van der Waals surface area contributed by atoms with Crippen LogP contribution in [0.1, 0.15) is 5.56 Å². The predicted molar refractivity (Wildman–Crippen MR) is 56.9 cm³/mol. The maximum Gasteiger partial charge on any atom is 0.222 e. The SMILES string of the molecule is O=[SH](=O)Nc1ccc(CCO)cc1.[Na]. The third kappa shape index (κ3) is 4.97. The summed E-state index contributed by atoms with van der Waals surface area (Å²) in [6.07, 6.45) is 0.587. The molecule has 0 amide bonds. The number of rotatable bonds is 4. The van der Waals surface area contributed by atoms with Gasteiger partial charge in [0.15, 0.2) is 0 Å². The third-order valence-corrected chi connectivity index (χ3v) is 2.02. The molecule has 73 valence electrons. The van der Waals surface area contributed by atoms with Crippen molar-refractivity contribution in [3.63, 3.8) is 0 Å². The Morgan fingerprint density at radius 2 is 1.79 bits per heavy atom. The molecule has 14 heavy (non-hydrogen) atoms. The number of aliphatic hydroxyl groups excluding tert-OH is 1. The molecule has 0 saturated heterocycles. The molecule has 6 heteroatoms. The number of nitrogens with one attached hydrogen (secondary N) is 1. The summed E-state index contributed by atoms with van der Waals surface area (Å²) in [6.45, 7) is 0.0998. The summed E-state index contributed by atoms with van der Waals surface area (Å²) >= 11 is 0. The Bertz CT molecular complexity index is 329. The van der Waals surface area contributed by atoms with Crippen LogP contribution in [0.2, 0.25) is 0 Å². The molecule has 1 rings (SSSR count). The molecule has 0 aliphatic rings. The van der Waals surface area contributed by atoms with E-state index in [2.05, 4.69) is 4.72 Å². The summed E-state index contributed by atoms with van der Waals surface area (Å²) in [4.78, 5) is 0. The zero-order chi connectivity index (χ0) is 9.68. The number of hydrogen-bond acceptors (Lipinski definition) is 3. The summed E-state index contributed by atoms with van der Waals surface area (Å²) in [5.74, 6) is 0. The molecule has 0 saturated carbocycles. The Morgan fingerprint density at radius 3 is 2.21 bits per heavy atom. The van der Waals surface area contributed by atoms with Crippen molar-refractivity contribution >= 4 is 46.1 Å². The molecular formula is C8H11NNaO3S. The minimum absolute atomic E-state index is 0. The van der Waals surface area contributed by atoms with Gasteiger partial charge in [-0.25, -0.2) is 8.42 Å². The predicted octanol–water partition coefficient (Wildman–Crippen LogP) is -0.221. The Balaban J connectivity index is 0.00000169. The fourth-order valence-electron chi connectivity index (χ4n) is 0.980.